The van der Waals surface area contributed by atoms with Crippen molar-refractivity contribution >= 4 is 27.6 Å². The van der Waals surface area contributed by atoms with Gasteiger partial charge in [0.15, 0.2) is 0 Å². The van der Waals surface area contributed by atoms with E-state index in [4.69, 9.17) is 4.74 Å². The van der Waals surface area contributed by atoms with Crippen LogP contribution in [0.4, 0.5) is 24.8 Å². The van der Waals surface area contributed by atoms with Crippen LogP contribution < -0.4 is 15.4 Å². The van der Waals surface area contributed by atoms with Crippen LogP contribution in [-0.2, 0) is 22.6 Å². The van der Waals surface area contributed by atoms with E-state index in [1.165, 1.54) is 18.5 Å². The van der Waals surface area contributed by atoms with E-state index in [1.807, 2.05) is 7.05 Å². The Morgan fingerprint density at radius 3 is 2.50 bits per heavy atom. The number of benzene rings is 1. The summed E-state index contributed by atoms with van der Waals surface area (Å²) in [5, 5.41) is 5.98. The van der Waals surface area contributed by atoms with Gasteiger partial charge in [-0.25, -0.2) is 22.7 Å². The average molecular weight is 613 g/mol. The lowest BCUT2D eigenvalue weighted by molar-refractivity contribution is -0.138. The number of nitrogens with zero attached hydrogens (tertiary/aromatic N) is 4. The van der Waals surface area contributed by atoms with Gasteiger partial charge in [-0.1, -0.05) is 12.8 Å². The SMILES string of the molecule is COc1cc(C(=O)NC2CCN(C)CC2)ccc1Nc1ncc(C(F)(F)F)c(C[C@@H]2CCCC[C@H]2N(C)S(C)(=O)=O)n1. The largest absolute Gasteiger partial charge is 0.495 e. The molecule has 2 N–H and O–H groups in total. The quantitative estimate of drug-likeness (QED) is 0.436. The molecule has 2 fully saturated rings. The monoisotopic (exact) mass is 612 g/mol. The Bertz CT molecular complexity index is 1370. The highest BCUT2D eigenvalue weighted by Gasteiger charge is 2.38. The van der Waals surface area contributed by atoms with E-state index in [2.05, 4.69) is 25.5 Å². The maximum absolute atomic E-state index is 14.0. The molecular weight excluding hydrogens is 573 g/mol. The van der Waals surface area contributed by atoms with E-state index >= 15 is 0 Å². The summed E-state index contributed by atoms with van der Waals surface area (Å²) in [5.74, 6) is -0.329. The van der Waals surface area contributed by atoms with Crippen LogP contribution in [0.3, 0.4) is 0 Å². The first-order valence-corrected chi connectivity index (χ1v) is 15.9. The number of alkyl halides is 3. The molecule has 1 saturated heterocycles. The van der Waals surface area contributed by atoms with E-state index in [0.717, 1.165) is 51.2 Å². The highest BCUT2D eigenvalue weighted by Crippen LogP contribution is 2.37. The molecule has 0 unspecified atom stereocenters. The van der Waals surface area contributed by atoms with E-state index in [0.29, 0.717) is 29.8 Å². The Kier molecular flexibility index (Phi) is 9.99. The maximum Gasteiger partial charge on any atom is 0.419 e. The smallest absolute Gasteiger partial charge is 0.419 e. The Labute approximate surface area is 245 Å². The van der Waals surface area contributed by atoms with Crippen molar-refractivity contribution in [1.29, 1.82) is 0 Å². The average Bonchev–Trinajstić information content (AvgIpc) is 2.93. The number of ether oxygens (including phenoxy) is 1. The minimum absolute atomic E-state index is 0.0518. The fourth-order valence-electron chi connectivity index (χ4n) is 5.75. The van der Waals surface area contributed by atoms with Crippen LogP contribution in [0.15, 0.2) is 24.4 Å². The molecule has 4 rings (SSSR count). The summed E-state index contributed by atoms with van der Waals surface area (Å²) in [6.45, 7) is 1.81. The van der Waals surface area contributed by atoms with Crippen LogP contribution in [0.1, 0.15) is 60.1 Å². The fourth-order valence-corrected chi connectivity index (χ4v) is 6.52. The number of sulfonamides is 1. The van der Waals surface area contributed by atoms with Crippen molar-refractivity contribution in [2.75, 3.05) is 45.9 Å². The van der Waals surface area contributed by atoms with E-state index in [-0.39, 0.29) is 35.9 Å². The molecule has 1 amide bonds. The standard InChI is InChI=1S/C28H39F3N6O4S/c1-36-13-11-20(12-14-36)33-26(38)19-9-10-22(25(16-19)41-3)34-27-32-17-21(28(29,30)31)23(35-27)15-18-7-5-6-8-24(18)37(2)42(4,39)40/h9-10,16-18,20,24H,5-8,11-15H2,1-4H3,(H,33,38)(H,32,34,35)/t18-,24+/m0/s1. The Balaban J connectivity index is 1.56. The molecule has 1 saturated carbocycles. The van der Waals surface area contributed by atoms with Gasteiger partial charge < -0.3 is 20.3 Å². The highest BCUT2D eigenvalue weighted by atomic mass is 32.2. The molecule has 1 aliphatic heterocycles. The van der Waals surface area contributed by atoms with Crippen molar-refractivity contribution in [2.45, 2.75) is 63.2 Å². The minimum atomic E-state index is -4.68. The van der Waals surface area contributed by atoms with Crippen LogP contribution in [0.25, 0.3) is 0 Å². The maximum atomic E-state index is 14.0. The predicted molar refractivity (Wildman–Crippen MR) is 153 cm³/mol. The van der Waals surface area contributed by atoms with Gasteiger partial charge in [-0.15, -0.1) is 0 Å². The Morgan fingerprint density at radius 2 is 1.86 bits per heavy atom. The molecule has 2 heterocycles. The molecule has 1 aromatic carbocycles. The summed E-state index contributed by atoms with van der Waals surface area (Å²) in [7, 11) is 1.42. The lowest BCUT2D eigenvalue weighted by atomic mass is 9.81. The number of carbonyl (C=O) groups excluding carboxylic acids is 1. The number of anilines is 2. The molecule has 232 valence electrons. The number of aromatic nitrogens is 2. The van der Waals surface area contributed by atoms with E-state index in [1.54, 1.807) is 18.2 Å². The summed E-state index contributed by atoms with van der Waals surface area (Å²) in [6, 6.07) is 4.42. The zero-order valence-corrected chi connectivity index (χ0v) is 25.2. The fraction of sp³-hybridized carbons (Fsp3) is 0.607. The van der Waals surface area contributed by atoms with Crippen molar-refractivity contribution in [3.8, 4) is 5.75 Å². The van der Waals surface area contributed by atoms with Gasteiger partial charge in [0.2, 0.25) is 16.0 Å². The van der Waals surface area contributed by atoms with Crippen LogP contribution in [0, 0.1) is 5.92 Å². The summed E-state index contributed by atoms with van der Waals surface area (Å²) in [5.41, 5.74) is -0.380. The third-order valence-electron chi connectivity index (χ3n) is 8.25. The minimum Gasteiger partial charge on any atom is -0.495 e. The third-order valence-corrected chi connectivity index (χ3v) is 9.57. The number of hydrogen-bond donors (Lipinski definition) is 2. The first-order valence-electron chi connectivity index (χ1n) is 14.1. The second-order valence-electron chi connectivity index (χ2n) is 11.2. The number of halogens is 3. The van der Waals surface area contributed by atoms with E-state index in [9.17, 15) is 26.4 Å². The molecule has 0 radical (unpaired) electrons. The normalized spacial score (nSPS) is 20.9. The summed E-state index contributed by atoms with van der Waals surface area (Å²) in [6.07, 6.45) is 1.59. The van der Waals surface area contributed by atoms with Gasteiger partial charge in [-0.2, -0.15) is 13.2 Å². The number of likely N-dealkylation sites (tertiary alicyclic amines) is 1. The molecule has 0 spiro atoms. The molecule has 2 atom stereocenters. The number of carbonyl (C=O) groups is 1. The molecular formula is C28H39F3N6O4S. The lowest BCUT2D eigenvalue weighted by Crippen LogP contribution is -2.44. The molecule has 42 heavy (non-hydrogen) atoms. The topological polar surface area (TPSA) is 117 Å². The van der Waals surface area contributed by atoms with Gasteiger partial charge in [0, 0.05) is 30.9 Å². The molecule has 1 aromatic heterocycles. The molecule has 2 aliphatic rings. The molecule has 1 aliphatic carbocycles. The molecule has 10 nitrogen and oxygen atoms in total. The number of methoxy groups -OCH3 is 1. The molecule has 0 bridgehead atoms. The number of nitrogens with one attached hydrogen (secondary N) is 2. The number of hydrogen-bond acceptors (Lipinski definition) is 8. The first kappa shape index (κ1) is 32.0. The third kappa shape index (κ3) is 7.90. The van der Waals surface area contributed by atoms with Crippen molar-refractivity contribution < 1.29 is 31.1 Å². The summed E-state index contributed by atoms with van der Waals surface area (Å²) >= 11 is 0. The van der Waals surface area contributed by atoms with Gasteiger partial charge in [-0.05, 0) is 76.4 Å². The summed E-state index contributed by atoms with van der Waals surface area (Å²) in [4.78, 5) is 23.2. The van der Waals surface area contributed by atoms with Gasteiger partial charge >= 0.3 is 6.18 Å². The zero-order valence-electron chi connectivity index (χ0n) is 24.4. The van der Waals surface area contributed by atoms with Crippen LogP contribution in [0.5, 0.6) is 5.75 Å². The Hall–Kier alpha value is -2.97. The van der Waals surface area contributed by atoms with Gasteiger partial charge in [-0.3, -0.25) is 4.79 Å². The van der Waals surface area contributed by atoms with E-state index < -0.39 is 27.8 Å². The second kappa shape index (κ2) is 13.1. The number of piperidine rings is 1. The number of rotatable bonds is 9. The predicted octanol–water partition coefficient (Wildman–Crippen LogP) is 4.06. The highest BCUT2D eigenvalue weighted by molar-refractivity contribution is 7.88. The van der Waals surface area contributed by atoms with Crippen molar-refractivity contribution in [3.63, 3.8) is 0 Å². The van der Waals surface area contributed by atoms with Crippen molar-refractivity contribution in [1.82, 2.24) is 24.5 Å². The van der Waals surface area contributed by atoms with Crippen LogP contribution in [0.2, 0.25) is 0 Å². The first-order chi connectivity index (χ1) is 19.8. The number of amides is 1. The molecule has 14 heteroatoms. The van der Waals surface area contributed by atoms with Crippen molar-refractivity contribution in [2.24, 2.45) is 5.92 Å². The zero-order chi connectivity index (χ0) is 30.7. The van der Waals surface area contributed by atoms with Gasteiger partial charge in [0.1, 0.15) is 5.75 Å². The molecule has 2 aromatic rings. The van der Waals surface area contributed by atoms with Crippen LogP contribution in [-0.4, -0.2) is 86.1 Å². The van der Waals surface area contributed by atoms with Gasteiger partial charge in [0.25, 0.3) is 5.91 Å². The second-order valence-corrected chi connectivity index (χ2v) is 13.3. The Morgan fingerprint density at radius 1 is 1.17 bits per heavy atom. The van der Waals surface area contributed by atoms with Gasteiger partial charge in [0.05, 0.1) is 30.3 Å². The lowest BCUT2D eigenvalue weighted by Gasteiger charge is -2.37. The summed E-state index contributed by atoms with van der Waals surface area (Å²) < 4.78 is 73.1. The van der Waals surface area contributed by atoms with Crippen LogP contribution >= 0.6 is 0 Å². The van der Waals surface area contributed by atoms with Crippen molar-refractivity contribution in [3.05, 3.63) is 41.2 Å².